The number of benzene rings is 1. The molecule has 0 aliphatic heterocycles. The zero-order chi connectivity index (χ0) is 12.4. The van der Waals surface area contributed by atoms with Gasteiger partial charge in [0.15, 0.2) is 0 Å². The van der Waals surface area contributed by atoms with Crippen molar-refractivity contribution < 1.29 is 8.78 Å². The molecule has 0 radical (unpaired) electrons. The molecule has 0 aliphatic carbocycles. The summed E-state index contributed by atoms with van der Waals surface area (Å²) in [5, 5.41) is 3.51. The van der Waals surface area contributed by atoms with Crippen molar-refractivity contribution in [1.29, 1.82) is 0 Å². The second-order valence-electron chi connectivity index (χ2n) is 3.23. The summed E-state index contributed by atoms with van der Waals surface area (Å²) in [4.78, 5) is 11.1. The zero-order valence-electron chi connectivity index (χ0n) is 8.30. The van der Waals surface area contributed by atoms with Crippen LogP contribution in [0, 0.1) is 11.6 Å². The van der Waals surface area contributed by atoms with Crippen LogP contribution in [0.15, 0.2) is 23.0 Å². The lowest BCUT2D eigenvalue weighted by molar-refractivity contribution is 0.580. The Kier molecular flexibility index (Phi) is 3.76. The van der Waals surface area contributed by atoms with Crippen LogP contribution in [0.2, 0.25) is 5.02 Å². The van der Waals surface area contributed by atoms with Crippen LogP contribution < -0.4 is 10.1 Å². The summed E-state index contributed by atoms with van der Waals surface area (Å²) in [5.74, 6) is -1.27. The predicted octanol–water partition coefficient (Wildman–Crippen LogP) is 3.71. The van der Waals surface area contributed by atoms with Crippen molar-refractivity contribution in [3.05, 3.63) is 50.0 Å². The van der Waals surface area contributed by atoms with Gasteiger partial charge < -0.3 is 5.32 Å². The second-order valence-corrected chi connectivity index (χ2v) is 5.72. The largest absolute Gasteiger partial charge is 0.371 e. The van der Waals surface area contributed by atoms with Gasteiger partial charge in [0.05, 0.1) is 0 Å². The fourth-order valence-corrected chi connectivity index (χ4v) is 3.67. The standard InChI is InChI=1S/C10H6ClF2NOS2/c11-8-9(16-17-10(8)15)14-4-5-1-6(12)3-7(13)2-5/h1-3,14H,4H2. The van der Waals surface area contributed by atoms with Crippen LogP contribution in [-0.4, -0.2) is 0 Å². The first-order chi connectivity index (χ1) is 8.06. The quantitative estimate of drug-likeness (QED) is 0.874. The average Bonchev–Trinajstić information content (AvgIpc) is 2.56. The van der Waals surface area contributed by atoms with E-state index < -0.39 is 11.6 Å². The first-order valence-corrected chi connectivity index (χ1v) is 7.06. The van der Waals surface area contributed by atoms with Crippen LogP contribution in [0.3, 0.4) is 0 Å². The second kappa shape index (κ2) is 5.12. The molecule has 1 aromatic carbocycles. The molecule has 0 spiro atoms. The molecule has 0 amide bonds. The maximum absolute atomic E-state index is 12.9. The molecule has 17 heavy (non-hydrogen) atoms. The molecule has 0 saturated carbocycles. The molecule has 0 aliphatic rings. The van der Waals surface area contributed by atoms with Gasteiger partial charge in [0, 0.05) is 12.6 Å². The smallest absolute Gasteiger partial charge is 0.263 e. The van der Waals surface area contributed by atoms with E-state index in [0.29, 0.717) is 10.6 Å². The minimum atomic E-state index is -0.633. The zero-order valence-corrected chi connectivity index (χ0v) is 10.7. The summed E-state index contributed by atoms with van der Waals surface area (Å²) in [5.41, 5.74) is 0.449. The Balaban J connectivity index is 2.12. The van der Waals surface area contributed by atoms with E-state index in [9.17, 15) is 13.6 Å². The molecule has 7 heteroatoms. The molecule has 0 fully saturated rings. The first-order valence-electron chi connectivity index (χ1n) is 4.54. The van der Waals surface area contributed by atoms with Gasteiger partial charge in [0.2, 0.25) is 0 Å². The highest BCUT2D eigenvalue weighted by Crippen LogP contribution is 2.27. The molecule has 0 saturated heterocycles. The summed E-state index contributed by atoms with van der Waals surface area (Å²) in [6.07, 6.45) is 0. The first kappa shape index (κ1) is 12.5. The van der Waals surface area contributed by atoms with Crippen molar-refractivity contribution in [3.63, 3.8) is 0 Å². The predicted molar refractivity (Wildman–Crippen MR) is 67.2 cm³/mol. The van der Waals surface area contributed by atoms with Crippen LogP contribution in [0.4, 0.5) is 13.8 Å². The number of halogens is 3. The van der Waals surface area contributed by atoms with Gasteiger partial charge in [-0.3, -0.25) is 4.79 Å². The molecule has 0 unspecified atom stereocenters. The van der Waals surface area contributed by atoms with Crippen LogP contribution >= 0.6 is 32.3 Å². The third-order valence-corrected chi connectivity index (χ3v) is 4.70. The maximum atomic E-state index is 12.9. The van der Waals surface area contributed by atoms with Crippen molar-refractivity contribution in [2.45, 2.75) is 6.54 Å². The lowest BCUT2D eigenvalue weighted by atomic mass is 10.2. The van der Waals surface area contributed by atoms with E-state index in [2.05, 4.69) is 5.32 Å². The molecule has 2 nitrogen and oxygen atoms in total. The highest BCUT2D eigenvalue weighted by Gasteiger charge is 2.08. The van der Waals surface area contributed by atoms with Gasteiger partial charge in [-0.25, -0.2) is 8.78 Å². The molecule has 90 valence electrons. The van der Waals surface area contributed by atoms with Gasteiger partial charge in [0.25, 0.3) is 4.74 Å². The van der Waals surface area contributed by atoms with Gasteiger partial charge in [-0.05, 0) is 28.0 Å². The van der Waals surface area contributed by atoms with Crippen LogP contribution in [-0.2, 0) is 6.54 Å². The third kappa shape index (κ3) is 3.02. The average molecular weight is 294 g/mol. The fourth-order valence-electron chi connectivity index (χ4n) is 1.25. The summed E-state index contributed by atoms with van der Waals surface area (Å²) in [7, 11) is 2.22. The molecule has 2 rings (SSSR count). The van der Waals surface area contributed by atoms with Gasteiger partial charge in [-0.15, -0.1) is 0 Å². The van der Waals surface area contributed by atoms with Crippen molar-refractivity contribution in [2.24, 2.45) is 0 Å². The Bertz CT molecular complexity index is 576. The Labute approximate surface area is 108 Å². The van der Waals surface area contributed by atoms with E-state index in [1.165, 1.54) is 22.5 Å². The molecule has 0 atom stereocenters. The van der Waals surface area contributed by atoms with E-state index >= 15 is 0 Å². The van der Waals surface area contributed by atoms with Crippen LogP contribution in [0.25, 0.3) is 0 Å². The van der Waals surface area contributed by atoms with Crippen LogP contribution in [0.1, 0.15) is 5.56 Å². The monoisotopic (exact) mass is 293 g/mol. The Hall–Kier alpha value is -0.980. The number of hydrogen-bond donors (Lipinski definition) is 1. The van der Waals surface area contributed by atoms with E-state index in [1.807, 2.05) is 0 Å². The molecular formula is C10H6ClF2NOS2. The Morgan fingerprint density at radius 3 is 2.35 bits per heavy atom. The fraction of sp³-hybridized carbons (Fsp3) is 0.100. The topological polar surface area (TPSA) is 29.1 Å². The number of nitrogens with one attached hydrogen (secondary N) is 1. The van der Waals surface area contributed by atoms with E-state index in [1.54, 1.807) is 0 Å². The Morgan fingerprint density at radius 2 is 1.82 bits per heavy atom. The third-order valence-electron chi connectivity index (χ3n) is 1.95. The summed E-state index contributed by atoms with van der Waals surface area (Å²) >= 11 is 5.74. The highest BCUT2D eigenvalue weighted by atomic mass is 35.5. The maximum Gasteiger partial charge on any atom is 0.263 e. The van der Waals surface area contributed by atoms with Crippen molar-refractivity contribution >= 4 is 37.3 Å². The molecule has 1 heterocycles. The molecular weight excluding hydrogens is 288 g/mol. The lowest BCUT2D eigenvalue weighted by Crippen LogP contribution is -2.01. The van der Waals surface area contributed by atoms with Crippen LogP contribution in [0.5, 0.6) is 0 Å². The summed E-state index contributed by atoms with van der Waals surface area (Å²) in [6.45, 7) is 0.209. The van der Waals surface area contributed by atoms with Crippen molar-refractivity contribution in [3.8, 4) is 0 Å². The van der Waals surface area contributed by atoms with E-state index in [-0.39, 0.29) is 16.3 Å². The van der Waals surface area contributed by atoms with Gasteiger partial charge >= 0.3 is 0 Å². The molecule has 1 aromatic heterocycles. The van der Waals surface area contributed by atoms with E-state index in [0.717, 1.165) is 16.4 Å². The molecule has 2 aromatic rings. The number of anilines is 1. The summed E-state index contributed by atoms with van der Waals surface area (Å²) in [6, 6.07) is 3.25. The number of rotatable bonds is 3. The normalized spacial score (nSPS) is 10.5. The summed E-state index contributed by atoms with van der Waals surface area (Å²) < 4.78 is 25.6. The lowest BCUT2D eigenvalue weighted by Gasteiger charge is -2.04. The van der Waals surface area contributed by atoms with Crippen molar-refractivity contribution in [2.75, 3.05) is 5.32 Å². The minimum Gasteiger partial charge on any atom is -0.371 e. The Morgan fingerprint density at radius 1 is 1.18 bits per heavy atom. The van der Waals surface area contributed by atoms with E-state index in [4.69, 9.17) is 11.6 Å². The van der Waals surface area contributed by atoms with Crippen molar-refractivity contribution in [1.82, 2.24) is 0 Å². The van der Waals surface area contributed by atoms with Gasteiger partial charge in [0.1, 0.15) is 21.7 Å². The SMILES string of the molecule is O=c1ssc(NCc2cc(F)cc(F)c2)c1Cl. The molecule has 0 bridgehead atoms. The highest BCUT2D eigenvalue weighted by molar-refractivity contribution is 7.70. The number of hydrogen-bond acceptors (Lipinski definition) is 4. The van der Waals surface area contributed by atoms with Gasteiger partial charge in [-0.1, -0.05) is 21.9 Å². The minimum absolute atomic E-state index is 0.122. The molecule has 1 N–H and O–H groups in total. The van der Waals surface area contributed by atoms with Gasteiger partial charge in [-0.2, -0.15) is 0 Å².